The number of benzene rings is 1. The second kappa shape index (κ2) is 17.9. The van der Waals surface area contributed by atoms with Gasteiger partial charge in [-0.1, -0.05) is 76.6 Å². The standard InChI is InChI=1S/C35H50N4O5/c1-11-12-13-30(37-10)33(42)44-27(8)23(4)14-16-29-17-15-28(20-24(29)5)18-19-35(9,21-36)34(43)39-31(22(2)3)32(41)38-25(6)26(7)40/h14-20,22,25,27,30-31,37H,5,11-13H2,1-4,6-10H3,(H,38,41)(H,39,43)/b19-18+,23-14+,29-16-/t25?,27-,30?,31?,35?/m1/s1. The number of Topliss-reactive ketones (excluding diaryl/α,β-unsaturated/α-hetero) is 1. The van der Waals surface area contributed by atoms with Crippen molar-refractivity contribution in [2.75, 3.05) is 7.05 Å². The number of nitriles is 1. The molecule has 1 aromatic carbocycles. The van der Waals surface area contributed by atoms with E-state index in [1.165, 1.54) is 19.9 Å². The molecule has 0 radical (unpaired) electrons. The van der Waals surface area contributed by atoms with Gasteiger partial charge in [-0.2, -0.15) is 5.26 Å². The maximum atomic E-state index is 13.2. The Labute approximate surface area is 262 Å². The molecule has 0 aliphatic carbocycles. The first-order chi connectivity index (χ1) is 20.6. The predicted octanol–water partition coefficient (Wildman–Crippen LogP) is 3.31. The average Bonchev–Trinajstić information content (AvgIpc) is 2.97. The van der Waals surface area contributed by atoms with Crippen molar-refractivity contribution in [3.63, 3.8) is 0 Å². The summed E-state index contributed by atoms with van der Waals surface area (Å²) in [5.41, 5.74) is 0.0669. The van der Waals surface area contributed by atoms with Gasteiger partial charge in [0.05, 0.1) is 12.1 Å². The molecule has 44 heavy (non-hydrogen) atoms. The molecule has 0 saturated heterocycles. The fourth-order valence-corrected chi connectivity index (χ4v) is 4.04. The Bertz CT molecular complexity index is 1390. The fourth-order valence-electron chi connectivity index (χ4n) is 4.04. The Morgan fingerprint density at radius 3 is 2.30 bits per heavy atom. The highest BCUT2D eigenvalue weighted by Crippen LogP contribution is 2.20. The van der Waals surface area contributed by atoms with Crippen LogP contribution in [0.1, 0.15) is 80.2 Å². The highest BCUT2D eigenvalue weighted by atomic mass is 16.5. The molecule has 0 saturated carbocycles. The van der Waals surface area contributed by atoms with Crippen LogP contribution in [0.3, 0.4) is 0 Å². The summed E-state index contributed by atoms with van der Waals surface area (Å²) in [6.07, 6.45) is 9.25. The number of amides is 2. The molecule has 1 aromatic rings. The molecule has 4 unspecified atom stereocenters. The molecule has 1 rings (SSSR count). The summed E-state index contributed by atoms with van der Waals surface area (Å²) >= 11 is 0. The Kier molecular flexibility index (Phi) is 15.5. The van der Waals surface area contributed by atoms with Crippen LogP contribution in [-0.4, -0.2) is 54.8 Å². The number of carbonyl (C=O) groups is 4. The molecule has 0 heterocycles. The fraction of sp³-hybridized carbons (Fsp3) is 0.514. The molecule has 9 heteroatoms. The van der Waals surface area contributed by atoms with E-state index < -0.39 is 29.3 Å². The normalized spacial score (nSPS) is 16.4. The summed E-state index contributed by atoms with van der Waals surface area (Å²) in [4.78, 5) is 50.0. The molecule has 0 fully saturated rings. The van der Waals surface area contributed by atoms with Gasteiger partial charge in [-0.15, -0.1) is 0 Å². The second-order valence-electron chi connectivity index (χ2n) is 11.8. The number of ether oxygens (including phenoxy) is 1. The molecule has 0 aromatic heterocycles. The van der Waals surface area contributed by atoms with E-state index in [-0.39, 0.29) is 29.8 Å². The first kappa shape index (κ1) is 38.0. The van der Waals surface area contributed by atoms with Gasteiger partial charge in [0, 0.05) is 0 Å². The van der Waals surface area contributed by atoms with Crippen LogP contribution in [0.2, 0.25) is 0 Å². The molecule has 3 N–H and O–H groups in total. The molecular weight excluding hydrogens is 556 g/mol. The topological polar surface area (TPSA) is 137 Å². The summed E-state index contributed by atoms with van der Waals surface area (Å²) in [6, 6.07) is 5.67. The molecule has 0 spiro atoms. The maximum Gasteiger partial charge on any atom is 0.323 e. The summed E-state index contributed by atoms with van der Waals surface area (Å²) in [7, 11) is 1.76. The van der Waals surface area contributed by atoms with Crippen LogP contribution < -0.4 is 26.4 Å². The number of carbonyl (C=O) groups excluding carboxylic acids is 4. The number of hydrogen-bond donors (Lipinski definition) is 3. The highest BCUT2D eigenvalue weighted by Gasteiger charge is 2.35. The van der Waals surface area contributed by atoms with Gasteiger partial charge >= 0.3 is 5.97 Å². The third-order valence-electron chi connectivity index (χ3n) is 7.62. The van der Waals surface area contributed by atoms with Crippen molar-refractivity contribution >= 4 is 42.3 Å². The summed E-state index contributed by atoms with van der Waals surface area (Å²) < 4.78 is 5.66. The van der Waals surface area contributed by atoms with E-state index in [0.29, 0.717) is 0 Å². The van der Waals surface area contributed by atoms with Gasteiger partial charge in [0.25, 0.3) is 0 Å². The van der Waals surface area contributed by atoms with E-state index in [2.05, 4.69) is 29.5 Å². The van der Waals surface area contributed by atoms with Crippen LogP contribution in [0, 0.1) is 22.7 Å². The Morgan fingerprint density at radius 1 is 1.11 bits per heavy atom. The van der Waals surface area contributed by atoms with Gasteiger partial charge < -0.3 is 20.7 Å². The van der Waals surface area contributed by atoms with E-state index in [1.54, 1.807) is 33.9 Å². The zero-order valence-corrected chi connectivity index (χ0v) is 27.7. The van der Waals surface area contributed by atoms with Crippen LogP contribution in [-0.2, 0) is 23.9 Å². The van der Waals surface area contributed by atoms with Gasteiger partial charge in [-0.25, -0.2) is 0 Å². The first-order valence-corrected chi connectivity index (χ1v) is 15.2. The largest absolute Gasteiger partial charge is 0.457 e. The summed E-state index contributed by atoms with van der Waals surface area (Å²) in [5, 5.41) is 19.8. The quantitative estimate of drug-likeness (QED) is 0.246. The van der Waals surface area contributed by atoms with Gasteiger partial charge in [-0.05, 0) is 81.6 Å². The lowest BCUT2D eigenvalue weighted by Gasteiger charge is -2.26. The van der Waals surface area contributed by atoms with Crippen LogP contribution in [0.4, 0.5) is 0 Å². The molecule has 2 amide bonds. The number of ketones is 1. The number of nitrogens with zero attached hydrogens (tertiary/aromatic N) is 1. The molecule has 240 valence electrons. The predicted molar refractivity (Wildman–Crippen MR) is 175 cm³/mol. The molecule has 9 nitrogen and oxygen atoms in total. The summed E-state index contributed by atoms with van der Waals surface area (Å²) in [6.45, 7) is 17.9. The number of esters is 1. The van der Waals surface area contributed by atoms with E-state index in [1.807, 2.05) is 50.3 Å². The molecule has 0 aliphatic heterocycles. The van der Waals surface area contributed by atoms with Gasteiger partial charge in [0.1, 0.15) is 18.2 Å². The van der Waals surface area contributed by atoms with Crippen LogP contribution in [0.15, 0.2) is 35.9 Å². The minimum atomic E-state index is -1.55. The number of likely N-dealkylation sites (N-methyl/N-ethyl adjacent to an activating group) is 1. The monoisotopic (exact) mass is 606 g/mol. The van der Waals surface area contributed by atoms with Crippen LogP contribution in [0.5, 0.6) is 0 Å². The van der Waals surface area contributed by atoms with E-state index in [9.17, 15) is 24.4 Å². The van der Waals surface area contributed by atoms with Crippen molar-refractivity contribution in [1.82, 2.24) is 16.0 Å². The third-order valence-corrected chi connectivity index (χ3v) is 7.62. The van der Waals surface area contributed by atoms with Gasteiger partial charge in [0.15, 0.2) is 11.2 Å². The SMILES string of the molecule is C=c1cc(/C=C/C(C)(C#N)C(=O)NC(C(=O)NC(C)C(C)=O)C(C)C)cc/c1=C/C=C(\C)[C@@H](C)OC(=O)C(CCCC)NC. The molecule has 5 atom stereocenters. The van der Waals surface area contributed by atoms with Gasteiger partial charge in [0.2, 0.25) is 11.8 Å². The van der Waals surface area contributed by atoms with E-state index >= 15 is 0 Å². The maximum absolute atomic E-state index is 13.2. The van der Waals surface area contributed by atoms with E-state index in [0.717, 1.165) is 40.8 Å². The molecular formula is C35H50N4O5. The number of rotatable bonds is 16. The van der Waals surface area contributed by atoms with Crippen molar-refractivity contribution in [3.05, 3.63) is 51.9 Å². The lowest BCUT2D eigenvalue weighted by molar-refractivity contribution is -0.149. The number of hydrogen-bond acceptors (Lipinski definition) is 7. The first-order valence-electron chi connectivity index (χ1n) is 15.2. The molecule has 0 bridgehead atoms. The Morgan fingerprint density at radius 2 is 1.77 bits per heavy atom. The van der Waals surface area contributed by atoms with Crippen LogP contribution in [0.25, 0.3) is 18.7 Å². The highest BCUT2D eigenvalue weighted by molar-refractivity contribution is 5.95. The minimum absolute atomic E-state index is 0.201. The number of nitrogens with one attached hydrogen (secondary N) is 3. The minimum Gasteiger partial charge on any atom is -0.457 e. The van der Waals surface area contributed by atoms with Crippen molar-refractivity contribution in [2.45, 2.75) is 98.9 Å². The van der Waals surface area contributed by atoms with Crippen LogP contribution >= 0.6 is 0 Å². The van der Waals surface area contributed by atoms with Gasteiger partial charge in [-0.3, -0.25) is 19.2 Å². The molecule has 0 aliphatic rings. The number of unbranched alkanes of at least 4 members (excludes halogenated alkanes) is 1. The third kappa shape index (κ3) is 11.6. The van der Waals surface area contributed by atoms with Crippen molar-refractivity contribution in [3.8, 4) is 6.07 Å². The summed E-state index contributed by atoms with van der Waals surface area (Å²) in [5.74, 6) is -1.85. The number of allylic oxidation sites excluding steroid dienone is 1. The van der Waals surface area contributed by atoms with Crippen molar-refractivity contribution < 1.29 is 23.9 Å². The smallest absolute Gasteiger partial charge is 0.323 e. The van der Waals surface area contributed by atoms with Crippen molar-refractivity contribution in [1.29, 1.82) is 5.26 Å². The van der Waals surface area contributed by atoms with Crippen molar-refractivity contribution in [2.24, 2.45) is 11.3 Å². The zero-order valence-electron chi connectivity index (χ0n) is 27.7. The Hall–Kier alpha value is -4.03. The second-order valence-corrected chi connectivity index (χ2v) is 11.8. The lowest BCUT2D eigenvalue weighted by Crippen LogP contribution is -2.55. The average molecular weight is 607 g/mol. The van der Waals surface area contributed by atoms with E-state index in [4.69, 9.17) is 4.74 Å². The Balaban J connectivity index is 3.06. The lowest BCUT2D eigenvalue weighted by atomic mass is 9.89. The zero-order chi connectivity index (χ0) is 33.6.